The third kappa shape index (κ3) is 3.64. The van der Waals surface area contributed by atoms with E-state index < -0.39 is 0 Å². The van der Waals surface area contributed by atoms with Crippen LogP contribution < -0.4 is 10.6 Å². The number of nitrogens with two attached hydrogens (primary N) is 1. The summed E-state index contributed by atoms with van der Waals surface area (Å²) >= 11 is 0. The van der Waals surface area contributed by atoms with Gasteiger partial charge in [0.1, 0.15) is 5.82 Å². The minimum atomic E-state index is -0.170. The van der Waals surface area contributed by atoms with Gasteiger partial charge in [-0.05, 0) is 35.7 Å². The van der Waals surface area contributed by atoms with Crippen molar-refractivity contribution in [3.63, 3.8) is 0 Å². The molecule has 2 aromatic rings. The Balaban J connectivity index is 1.48. The fraction of sp³-hybridized carbons (Fsp3) is 0.333. The van der Waals surface area contributed by atoms with E-state index in [0.29, 0.717) is 13.2 Å². The molecule has 2 aromatic carbocycles. The zero-order valence-corrected chi connectivity index (χ0v) is 12.5. The van der Waals surface area contributed by atoms with E-state index in [9.17, 15) is 4.39 Å². The van der Waals surface area contributed by atoms with Gasteiger partial charge < -0.3 is 15.4 Å². The normalized spacial score (nSPS) is 14.9. The average molecular weight is 300 g/mol. The molecule has 0 saturated carbocycles. The van der Waals surface area contributed by atoms with Gasteiger partial charge in [0, 0.05) is 24.8 Å². The van der Waals surface area contributed by atoms with E-state index in [1.807, 2.05) is 36.4 Å². The van der Waals surface area contributed by atoms with Crippen LogP contribution in [0.3, 0.4) is 0 Å². The minimum absolute atomic E-state index is 0.0558. The highest BCUT2D eigenvalue weighted by Crippen LogP contribution is 2.28. The lowest BCUT2D eigenvalue weighted by molar-refractivity contribution is 0.109. The molecule has 0 bridgehead atoms. The number of hydrogen-bond acceptors (Lipinski definition) is 3. The van der Waals surface area contributed by atoms with Crippen molar-refractivity contribution in [2.45, 2.75) is 19.1 Å². The molecule has 3 rings (SSSR count). The lowest BCUT2D eigenvalue weighted by atomic mass is 10.1. The van der Waals surface area contributed by atoms with Crippen molar-refractivity contribution in [1.82, 2.24) is 0 Å². The van der Waals surface area contributed by atoms with Gasteiger partial charge in [-0.15, -0.1) is 0 Å². The number of fused-ring (bicyclic) bond motifs is 1. The maximum Gasteiger partial charge on any atom is 0.123 e. The van der Waals surface area contributed by atoms with E-state index in [2.05, 4.69) is 4.90 Å². The SMILES string of the molecule is N[C@@H](COCc1ccccc1)CN1CCc2cc(F)ccc21. The summed E-state index contributed by atoms with van der Waals surface area (Å²) in [6.07, 6.45) is 0.880. The van der Waals surface area contributed by atoms with Gasteiger partial charge in [-0.2, -0.15) is 0 Å². The first-order valence-electron chi connectivity index (χ1n) is 7.63. The molecule has 0 amide bonds. The van der Waals surface area contributed by atoms with E-state index in [-0.39, 0.29) is 11.9 Å². The summed E-state index contributed by atoms with van der Waals surface area (Å²) in [5, 5.41) is 0. The third-order valence-corrected chi connectivity index (χ3v) is 3.93. The lowest BCUT2D eigenvalue weighted by Crippen LogP contribution is -2.39. The predicted molar refractivity (Wildman–Crippen MR) is 86.4 cm³/mol. The standard InChI is InChI=1S/C18H21FN2O/c19-16-6-7-18-15(10-16)8-9-21(18)11-17(20)13-22-12-14-4-2-1-3-5-14/h1-7,10,17H,8-9,11-13,20H2/t17-/m1/s1. The van der Waals surface area contributed by atoms with Crippen LogP contribution in [0.1, 0.15) is 11.1 Å². The molecule has 1 aliphatic heterocycles. The van der Waals surface area contributed by atoms with Gasteiger partial charge in [0.05, 0.1) is 13.2 Å². The second-order valence-corrected chi connectivity index (χ2v) is 5.73. The molecule has 4 heteroatoms. The summed E-state index contributed by atoms with van der Waals surface area (Å²) in [5.41, 5.74) is 9.48. The van der Waals surface area contributed by atoms with Crippen molar-refractivity contribution < 1.29 is 9.13 Å². The summed E-state index contributed by atoms with van der Waals surface area (Å²) in [7, 11) is 0. The van der Waals surface area contributed by atoms with Gasteiger partial charge in [-0.1, -0.05) is 30.3 Å². The molecule has 0 radical (unpaired) electrons. The second kappa shape index (κ2) is 6.90. The second-order valence-electron chi connectivity index (χ2n) is 5.73. The minimum Gasteiger partial charge on any atom is -0.375 e. The predicted octanol–water partition coefficient (Wildman–Crippen LogP) is 2.73. The van der Waals surface area contributed by atoms with Crippen LogP contribution in [0.15, 0.2) is 48.5 Å². The fourth-order valence-electron chi connectivity index (χ4n) is 2.87. The van der Waals surface area contributed by atoms with Crippen LogP contribution in [0.4, 0.5) is 10.1 Å². The topological polar surface area (TPSA) is 38.5 Å². The quantitative estimate of drug-likeness (QED) is 0.891. The smallest absolute Gasteiger partial charge is 0.123 e. The molecule has 0 aliphatic carbocycles. The van der Waals surface area contributed by atoms with E-state index in [0.717, 1.165) is 36.3 Å². The molecule has 1 aliphatic rings. The molecule has 0 aromatic heterocycles. The van der Waals surface area contributed by atoms with Crippen molar-refractivity contribution in [2.24, 2.45) is 5.73 Å². The lowest BCUT2D eigenvalue weighted by Gasteiger charge is -2.23. The number of ether oxygens (including phenoxy) is 1. The molecule has 0 fully saturated rings. The number of nitrogens with zero attached hydrogens (tertiary/aromatic N) is 1. The molecule has 3 nitrogen and oxygen atoms in total. The maximum atomic E-state index is 13.2. The van der Waals surface area contributed by atoms with Gasteiger partial charge in [0.2, 0.25) is 0 Å². The zero-order chi connectivity index (χ0) is 15.4. The van der Waals surface area contributed by atoms with Crippen LogP contribution in [0.2, 0.25) is 0 Å². The molecule has 116 valence electrons. The van der Waals surface area contributed by atoms with Crippen molar-refractivity contribution >= 4 is 5.69 Å². The van der Waals surface area contributed by atoms with E-state index in [1.165, 1.54) is 6.07 Å². The Labute approximate surface area is 130 Å². The van der Waals surface area contributed by atoms with Crippen LogP contribution >= 0.6 is 0 Å². The Morgan fingerprint density at radius 1 is 1.18 bits per heavy atom. The number of anilines is 1. The molecule has 0 saturated heterocycles. The molecule has 1 atom stereocenters. The Kier molecular flexibility index (Phi) is 4.71. The summed E-state index contributed by atoms with van der Waals surface area (Å²) < 4.78 is 18.9. The van der Waals surface area contributed by atoms with Crippen LogP contribution in [-0.2, 0) is 17.8 Å². The highest BCUT2D eigenvalue weighted by Gasteiger charge is 2.21. The largest absolute Gasteiger partial charge is 0.375 e. The number of halogens is 1. The van der Waals surface area contributed by atoms with Gasteiger partial charge >= 0.3 is 0 Å². The van der Waals surface area contributed by atoms with Crippen molar-refractivity contribution in [2.75, 3.05) is 24.6 Å². The number of hydrogen-bond donors (Lipinski definition) is 1. The molecule has 1 heterocycles. The first-order chi connectivity index (χ1) is 10.7. The van der Waals surface area contributed by atoms with Crippen molar-refractivity contribution in [3.05, 3.63) is 65.5 Å². The van der Waals surface area contributed by atoms with Crippen molar-refractivity contribution in [1.29, 1.82) is 0 Å². The van der Waals surface area contributed by atoms with Gasteiger partial charge in [-0.3, -0.25) is 0 Å². The Hall–Kier alpha value is -1.91. The van der Waals surface area contributed by atoms with Crippen LogP contribution in [-0.4, -0.2) is 25.7 Å². The summed E-state index contributed by atoms with van der Waals surface area (Å²) in [6.45, 7) is 2.72. The molecule has 0 unspecified atom stereocenters. The monoisotopic (exact) mass is 300 g/mol. The van der Waals surface area contributed by atoms with Gasteiger partial charge in [-0.25, -0.2) is 4.39 Å². The Morgan fingerprint density at radius 3 is 2.82 bits per heavy atom. The van der Waals surface area contributed by atoms with Gasteiger partial charge in [0.25, 0.3) is 0 Å². The Bertz CT molecular complexity index is 618. The molecular weight excluding hydrogens is 279 g/mol. The van der Waals surface area contributed by atoms with E-state index in [1.54, 1.807) is 6.07 Å². The zero-order valence-electron chi connectivity index (χ0n) is 12.5. The summed E-state index contributed by atoms with van der Waals surface area (Å²) in [6, 6.07) is 15.0. The first kappa shape index (κ1) is 15.0. The number of rotatable bonds is 6. The van der Waals surface area contributed by atoms with Crippen molar-refractivity contribution in [3.8, 4) is 0 Å². The highest BCUT2D eigenvalue weighted by molar-refractivity contribution is 5.58. The molecule has 22 heavy (non-hydrogen) atoms. The maximum absolute atomic E-state index is 13.2. The molecule has 0 spiro atoms. The molecule has 2 N–H and O–H groups in total. The molecular formula is C18H21FN2O. The van der Waals surface area contributed by atoms with Crippen LogP contribution in [0.25, 0.3) is 0 Å². The number of benzene rings is 2. The van der Waals surface area contributed by atoms with Gasteiger partial charge in [0.15, 0.2) is 0 Å². The van der Waals surface area contributed by atoms with E-state index >= 15 is 0 Å². The fourth-order valence-corrected chi connectivity index (χ4v) is 2.87. The van der Waals surface area contributed by atoms with Crippen LogP contribution in [0, 0.1) is 5.82 Å². The third-order valence-electron chi connectivity index (χ3n) is 3.93. The Morgan fingerprint density at radius 2 is 2.00 bits per heavy atom. The average Bonchev–Trinajstić information content (AvgIpc) is 2.90. The summed E-state index contributed by atoms with van der Waals surface area (Å²) in [5.74, 6) is -0.170. The van der Waals surface area contributed by atoms with E-state index in [4.69, 9.17) is 10.5 Å². The highest BCUT2D eigenvalue weighted by atomic mass is 19.1. The summed E-state index contributed by atoms with van der Waals surface area (Å²) in [4.78, 5) is 2.21. The first-order valence-corrected chi connectivity index (χ1v) is 7.63. The van der Waals surface area contributed by atoms with Crippen LogP contribution in [0.5, 0.6) is 0 Å².